The maximum Gasteiger partial charge on any atom is 0.313 e. The maximum atomic E-state index is 12.4. The monoisotopic (exact) mass is 369 g/mol. The van der Waals surface area contributed by atoms with Crippen LogP contribution in [-0.4, -0.2) is 34.8 Å². The molecule has 1 atom stereocenters. The first-order chi connectivity index (χ1) is 11.9. The van der Waals surface area contributed by atoms with Gasteiger partial charge in [0, 0.05) is 17.0 Å². The van der Waals surface area contributed by atoms with Crippen LogP contribution in [0.3, 0.4) is 0 Å². The average molecular weight is 369 g/mol. The van der Waals surface area contributed by atoms with E-state index < -0.39 is 18.0 Å². The van der Waals surface area contributed by atoms with Crippen molar-refractivity contribution >= 4 is 24.1 Å². The Kier molecular flexibility index (Phi) is 6.25. The summed E-state index contributed by atoms with van der Waals surface area (Å²) in [7, 11) is 0. The van der Waals surface area contributed by atoms with E-state index in [1.807, 2.05) is 0 Å². The Hall–Kier alpha value is -2.72. The molecule has 134 valence electrons. The first-order valence-electron chi connectivity index (χ1n) is 7.12. The molecule has 4 N–H and O–H groups in total. The van der Waals surface area contributed by atoms with Crippen molar-refractivity contribution in [2.24, 2.45) is 5.73 Å². The lowest BCUT2D eigenvalue weighted by atomic mass is 10.3. The van der Waals surface area contributed by atoms with Crippen molar-refractivity contribution in [3.8, 4) is 11.7 Å². The van der Waals surface area contributed by atoms with E-state index in [1.54, 1.807) is 19.1 Å². The summed E-state index contributed by atoms with van der Waals surface area (Å²) < 4.78 is 23.0. The molecule has 3 amide bonds. The van der Waals surface area contributed by atoms with E-state index >= 15 is 0 Å². The van der Waals surface area contributed by atoms with Gasteiger partial charge in [0.2, 0.25) is 0 Å². The van der Waals surface area contributed by atoms with Crippen LogP contribution in [0.4, 0.5) is 8.68 Å². The molecule has 0 saturated carbocycles. The van der Waals surface area contributed by atoms with Crippen LogP contribution in [0, 0.1) is 0 Å². The fourth-order valence-electron chi connectivity index (χ4n) is 1.92. The van der Waals surface area contributed by atoms with Gasteiger partial charge in [0.15, 0.2) is 5.76 Å². The number of hydroxylamine groups is 2. The van der Waals surface area contributed by atoms with Crippen molar-refractivity contribution in [2.45, 2.75) is 17.9 Å². The number of furan rings is 1. The summed E-state index contributed by atoms with van der Waals surface area (Å²) in [5.74, 6) is -0.538. The fourth-order valence-corrected chi connectivity index (χ4v) is 2.16. The van der Waals surface area contributed by atoms with Gasteiger partial charge in [-0.05, 0) is 37.3 Å². The molecule has 0 aliphatic rings. The summed E-state index contributed by atoms with van der Waals surface area (Å²) in [5.41, 5.74) is 4.96. The number of urea groups is 1. The number of ether oxygens (including phenoxy) is 1. The average Bonchev–Trinajstić information content (AvgIpc) is 3.02. The number of benzene rings is 1. The number of carbonyl (C=O) groups excluding carboxylic acids is 2. The van der Waals surface area contributed by atoms with E-state index in [2.05, 4.69) is 5.32 Å². The molecule has 25 heavy (non-hydrogen) atoms. The van der Waals surface area contributed by atoms with Gasteiger partial charge in [-0.2, -0.15) is 3.89 Å². The van der Waals surface area contributed by atoms with Gasteiger partial charge in [-0.25, -0.2) is 9.86 Å². The van der Waals surface area contributed by atoms with Crippen molar-refractivity contribution in [2.75, 3.05) is 6.54 Å². The molecule has 0 spiro atoms. The number of nitrogens with two attached hydrogens (primary N) is 1. The zero-order chi connectivity index (χ0) is 18.4. The van der Waals surface area contributed by atoms with Gasteiger partial charge in [0.25, 0.3) is 5.95 Å². The molecule has 1 aromatic heterocycles. The van der Waals surface area contributed by atoms with E-state index in [4.69, 9.17) is 14.9 Å². The third-order valence-electron chi connectivity index (χ3n) is 2.99. The molecule has 0 aliphatic heterocycles. The molecule has 0 saturated heterocycles. The van der Waals surface area contributed by atoms with Gasteiger partial charge >= 0.3 is 11.9 Å². The van der Waals surface area contributed by atoms with Crippen LogP contribution in [0.2, 0.25) is 0 Å². The van der Waals surface area contributed by atoms with Crippen LogP contribution in [0.1, 0.15) is 17.5 Å². The standard InChI is InChI=1S/C15H16FN3O5S/c1-9(18-15(17)21)8-19(22)14(20)12-6-7-13(24-12)23-10-2-4-11(25-16)5-3-10/h2-7,9,22H,8H2,1H3,(H3,17,18,21)/t9-/m1/s1. The van der Waals surface area contributed by atoms with Crippen molar-refractivity contribution in [1.82, 2.24) is 10.4 Å². The van der Waals surface area contributed by atoms with Crippen LogP contribution in [0.15, 0.2) is 45.7 Å². The van der Waals surface area contributed by atoms with Crippen LogP contribution < -0.4 is 15.8 Å². The van der Waals surface area contributed by atoms with Gasteiger partial charge in [-0.1, -0.05) is 0 Å². The molecule has 10 heteroatoms. The highest BCUT2D eigenvalue weighted by Crippen LogP contribution is 2.27. The van der Waals surface area contributed by atoms with Crippen molar-refractivity contribution in [1.29, 1.82) is 0 Å². The molecule has 0 radical (unpaired) electrons. The number of amides is 3. The minimum Gasteiger partial charge on any atom is -0.426 e. The topological polar surface area (TPSA) is 118 Å². The van der Waals surface area contributed by atoms with Crippen LogP contribution in [0.25, 0.3) is 0 Å². The first kappa shape index (κ1) is 18.6. The molecule has 0 fully saturated rings. The number of hydrogen-bond acceptors (Lipinski definition) is 6. The van der Waals surface area contributed by atoms with Gasteiger partial charge in [0.05, 0.1) is 18.7 Å². The molecular weight excluding hydrogens is 353 g/mol. The number of carbonyl (C=O) groups is 2. The van der Waals surface area contributed by atoms with Crippen molar-refractivity contribution in [3.05, 3.63) is 42.2 Å². The van der Waals surface area contributed by atoms with E-state index in [-0.39, 0.29) is 30.4 Å². The lowest BCUT2D eigenvalue weighted by molar-refractivity contribution is -0.0636. The number of nitrogens with zero attached hydrogens (tertiary/aromatic N) is 1. The van der Waals surface area contributed by atoms with Gasteiger partial charge in [0.1, 0.15) is 5.75 Å². The first-order valence-corrected chi connectivity index (χ1v) is 7.83. The van der Waals surface area contributed by atoms with Crippen LogP contribution in [-0.2, 0) is 0 Å². The Bertz CT molecular complexity index is 737. The van der Waals surface area contributed by atoms with Gasteiger partial charge < -0.3 is 20.2 Å². The fraction of sp³-hybridized carbons (Fsp3) is 0.200. The van der Waals surface area contributed by atoms with Gasteiger partial charge in [-0.3, -0.25) is 10.0 Å². The normalized spacial score (nSPS) is 11.6. The molecule has 1 aromatic carbocycles. The lowest BCUT2D eigenvalue weighted by Gasteiger charge is -2.18. The zero-order valence-electron chi connectivity index (χ0n) is 13.1. The minimum absolute atomic E-state index is 0.0284. The summed E-state index contributed by atoms with van der Waals surface area (Å²) in [4.78, 5) is 23.2. The lowest BCUT2D eigenvalue weighted by Crippen LogP contribution is -2.44. The minimum atomic E-state index is -0.808. The second kappa shape index (κ2) is 8.40. The number of primary amides is 1. The molecular formula is C15H16FN3O5S. The third kappa shape index (κ3) is 5.40. The van der Waals surface area contributed by atoms with E-state index in [9.17, 15) is 18.7 Å². The van der Waals surface area contributed by atoms with Crippen molar-refractivity contribution < 1.29 is 27.8 Å². The highest BCUT2D eigenvalue weighted by molar-refractivity contribution is 7.94. The van der Waals surface area contributed by atoms with E-state index in [0.717, 1.165) is 0 Å². The van der Waals surface area contributed by atoms with Crippen LogP contribution >= 0.6 is 12.1 Å². The molecule has 2 rings (SSSR count). The number of hydrogen-bond donors (Lipinski definition) is 3. The molecule has 0 unspecified atom stereocenters. The molecule has 1 heterocycles. The Morgan fingerprint density at radius 1 is 1.36 bits per heavy atom. The second-order valence-electron chi connectivity index (χ2n) is 5.07. The van der Waals surface area contributed by atoms with E-state index in [0.29, 0.717) is 15.7 Å². The molecule has 0 bridgehead atoms. The second-order valence-corrected chi connectivity index (χ2v) is 5.69. The number of rotatable bonds is 7. The molecule has 0 aliphatic carbocycles. The quantitative estimate of drug-likeness (QED) is 0.510. The predicted octanol–water partition coefficient (Wildman–Crippen LogP) is 2.94. The molecule has 2 aromatic rings. The third-order valence-corrected chi connectivity index (χ3v) is 3.44. The predicted molar refractivity (Wildman–Crippen MR) is 87.2 cm³/mol. The Balaban J connectivity index is 1.96. The summed E-state index contributed by atoms with van der Waals surface area (Å²) in [6.45, 7) is 1.39. The van der Waals surface area contributed by atoms with Crippen LogP contribution in [0.5, 0.6) is 11.7 Å². The summed E-state index contributed by atoms with van der Waals surface area (Å²) in [6, 6.07) is 7.56. The number of nitrogens with one attached hydrogen (secondary N) is 1. The highest BCUT2D eigenvalue weighted by atomic mass is 32.2. The Morgan fingerprint density at radius 2 is 2.04 bits per heavy atom. The Labute approximate surface area is 147 Å². The summed E-state index contributed by atoms with van der Waals surface area (Å²) in [5, 5.41) is 12.5. The highest BCUT2D eigenvalue weighted by Gasteiger charge is 2.21. The summed E-state index contributed by atoms with van der Waals surface area (Å²) in [6.07, 6.45) is 0. The number of halogens is 1. The van der Waals surface area contributed by atoms with Crippen molar-refractivity contribution in [3.63, 3.8) is 0 Å². The largest absolute Gasteiger partial charge is 0.426 e. The maximum absolute atomic E-state index is 12.4. The Morgan fingerprint density at radius 3 is 2.64 bits per heavy atom. The van der Waals surface area contributed by atoms with Gasteiger partial charge in [-0.15, -0.1) is 0 Å². The summed E-state index contributed by atoms with van der Waals surface area (Å²) >= 11 is 0.112. The SMILES string of the molecule is C[C@H](CN(O)C(=O)c1ccc(Oc2ccc(SF)cc2)o1)NC(N)=O. The van der Waals surface area contributed by atoms with E-state index in [1.165, 1.54) is 24.3 Å². The molecule has 8 nitrogen and oxygen atoms in total. The zero-order valence-corrected chi connectivity index (χ0v) is 14.0. The smallest absolute Gasteiger partial charge is 0.313 e.